The molecule has 3 heteroatoms. The van der Waals surface area contributed by atoms with Crippen LogP contribution in [-0.4, -0.2) is 11.6 Å². The standard InChI is InChI=1S/C11H17ClO2/c1-10(2,5-6-12)8-7-9(13)14-11(8,3)4/h5-6,8H,7H2,1-4H3. The van der Waals surface area contributed by atoms with Crippen LogP contribution in [0.1, 0.15) is 34.1 Å². The summed E-state index contributed by atoms with van der Waals surface area (Å²) in [5, 5.41) is 0. The number of carbonyl (C=O) groups excluding carboxylic acids is 1. The first-order valence-corrected chi connectivity index (χ1v) is 5.23. The van der Waals surface area contributed by atoms with Crippen LogP contribution in [0, 0.1) is 11.3 Å². The lowest BCUT2D eigenvalue weighted by Crippen LogP contribution is -2.36. The number of ether oxygens (including phenoxy) is 1. The van der Waals surface area contributed by atoms with Crippen molar-refractivity contribution >= 4 is 17.6 Å². The highest BCUT2D eigenvalue weighted by molar-refractivity contribution is 6.25. The molecule has 80 valence electrons. The van der Waals surface area contributed by atoms with Gasteiger partial charge >= 0.3 is 5.97 Å². The molecule has 2 nitrogen and oxygen atoms in total. The Hall–Kier alpha value is -0.500. The maximum atomic E-state index is 11.2. The number of hydrogen-bond acceptors (Lipinski definition) is 2. The lowest BCUT2D eigenvalue weighted by molar-refractivity contribution is -0.147. The molecule has 1 heterocycles. The molecule has 0 aromatic rings. The van der Waals surface area contributed by atoms with Gasteiger partial charge in [0.25, 0.3) is 0 Å². The zero-order valence-corrected chi connectivity index (χ0v) is 9.89. The van der Waals surface area contributed by atoms with E-state index in [2.05, 4.69) is 13.8 Å². The third-order valence-electron chi connectivity index (χ3n) is 2.98. The fourth-order valence-electron chi connectivity index (χ4n) is 2.26. The zero-order chi connectivity index (χ0) is 11.0. The van der Waals surface area contributed by atoms with Gasteiger partial charge < -0.3 is 4.74 Å². The van der Waals surface area contributed by atoms with Gasteiger partial charge in [-0.15, -0.1) is 0 Å². The molecule has 1 fully saturated rings. The maximum Gasteiger partial charge on any atom is 0.306 e. The average molecular weight is 217 g/mol. The lowest BCUT2D eigenvalue weighted by Gasteiger charge is -2.35. The quantitative estimate of drug-likeness (QED) is 0.663. The molecule has 0 amide bonds. The Morgan fingerprint density at radius 3 is 2.50 bits per heavy atom. The zero-order valence-electron chi connectivity index (χ0n) is 9.13. The van der Waals surface area contributed by atoms with Gasteiger partial charge in [0.1, 0.15) is 5.60 Å². The van der Waals surface area contributed by atoms with Crippen molar-refractivity contribution in [3.63, 3.8) is 0 Å². The van der Waals surface area contributed by atoms with Crippen LogP contribution in [0.3, 0.4) is 0 Å². The predicted molar refractivity (Wildman–Crippen MR) is 57.1 cm³/mol. The van der Waals surface area contributed by atoms with Gasteiger partial charge in [0.2, 0.25) is 0 Å². The number of allylic oxidation sites excluding steroid dienone is 1. The first kappa shape index (κ1) is 11.6. The number of esters is 1. The second kappa shape index (κ2) is 3.58. The molecule has 0 aliphatic carbocycles. The number of cyclic esters (lactones) is 1. The molecular weight excluding hydrogens is 200 g/mol. The monoisotopic (exact) mass is 216 g/mol. The van der Waals surface area contributed by atoms with E-state index in [-0.39, 0.29) is 17.3 Å². The minimum Gasteiger partial charge on any atom is -0.459 e. The van der Waals surface area contributed by atoms with E-state index < -0.39 is 5.60 Å². The van der Waals surface area contributed by atoms with Crippen molar-refractivity contribution in [3.8, 4) is 0 Å². The van der Waals surface area contributed by atoms with Gasteiger partial charge in [0, 0.05) is 11.5 Å². The van der Waals surface area contributed by atoms with Crippen molar-refractivity contribution in [1.29, 1.82) is 0 Å². The Kier molecular flexibility index (Phi) is 2.96. The number of halogens is 1. The van der Waals surface area contributed by atoms with Gasteiger partial charge in [0.05, 0.1) is 6.42 Å². The first-order valence-electron chi connectivity index (χ1n) is 4.79. The van der Waals surface area contributed by atoms with Crippen LogP contribution in [0.5, 0.6) is 0 Å². The van der Waals surface area contributed by atoms with Crippen LogP contribution in [0.25, 0.3) is 0 Å². The second-order valence-corrected chi connectivity index (χ2v) is 5.20. The third kappa shape index (κ3) is 2.11. The van der Waals surface area contributed by atoms with Crippen LogP contribution in [0.4, 0.5) is 0 Å². The van der Waals surface area contributed by atoms with Gasteiger partial charge in [0.15, 0.2) is 0 Å². The Morgan fingerprint density at radius 2 is 2.14 bits per heavy atom. The van der Waals surface area contributed by atoms with Crippen molar-refractivity contribution < 1.29 is 9.53 Å². The summed E-state index contributed by atoms with van der Waals surface area (Å²) in [4.78, 5) is 11.2. The van der Waals surface area contributed by atoms with Crippen molar-refractivity contribution in [3.05, 3.63) is 11.6 Å². The Balaban J connectivity index is 2.92. The number of carbonyl (C=O) groups is 1. The molecule has 1 unspecified atom stereocenters. The lowest BCUT2D eigenvalue weighted by atomic mass is 9.70. The summed E-state index contributed by atoms with van der Waals surface area (Å²) in [5.74, 6) is 0.0635. The van der Waals surface area contributed by atoms with Crippen LogP contribution in [0.2, 0.25) is 0 Å². The van der Waals surface area contributed by atoms with Gasteiger partial charge in [-0.05, 0) is 19.3 Å². The molecule has 0 radical (unpaired) electrons. The Labute approximate surface area is 90.3 Å². The highest BCUT2D eigenvalue weighted by Gasteiger charge is 2.48. The summed E-state index contributed by atoms with van der Waals surface area (Å²) in [5.41, 5.74) is 1.01. The fourth-order valence-corrected chi connectivity index (χ4v) is 2.58. The normalized spacial score (nSPS) is 26.9. The smallest absolute Gasteiger partial charge is 0.306 e. The molecule has 0 aromatic carbocycles. The third-order valence-corrected chi connectivity index (χ3v) is 3.10. The topological polar surface area (TPSA) is 26.3 Å². The van der Waals surface area contributed by atoms with Crippen molar-refractivity contribution in [2.45, 2.75) is 39.7 Å². The number of rotatable bonds is 2. The summed E-state index contributed by atoms with van der Waals surface area (Å²) in [6.45, 7) is 8.04. The Morgan fingerprint density at radius 1 is 1.57 bits per heavy atom. The van der Waals surface area contributed by atoms with Gasteiger partial charge in [-0.25, -0.2) is 0 Å². The largest absolute Gasteiger partial charge is 0.459 e. The highest BCUT2D eigenvalue weighted by atomic mass is 35.5. The molecule has 1 aliphatic rings. The van der Waals surface area contributed by atoms with E-state index in [0.29, 0.717) is 6.42 Å². The van der Waals surface area contributed by atoms with E-state index in [0.717, 1.165) is 0 Å². The summed E-state index contributed by atoms with van der Waals surface area (Å²) in [6, 6.07) is 0. The SMILES string of the molecule is CC(C)(C=CCl)C1CC(=O)OC1(C)C. The summed E-state index contributed by atoms with van der Waals surface area (Å²) < 4.78 is 5.28. The van der Waals surface area contributed by atoms with E-state index in [1.54, 1.807) is 0 Å². The van der Waals surface area contributed by atoms with Gasteiger partial charge in [-0.2, -0.15) is 0 Å². The molecule has 0 spiro atoms. The van der Waals surface area contributed by atoms with E-state index in [1.807, 2.05) is 19.9 Å². The molecule has 1 saturated heterocycles. The van der Waals surface area contributed by atoms with Gasteiger partial charge in [-0.3, -0.25) is 4.79 Å². The van der Waals surface area contributed by atoms with Crippen molar-refractivity contribution in [1.82, 2.24) is 0 Å². The maximum absolute atomic E-state index is 11.2. The molecule has 1 aliphatic heterocycles. The van der Waals surface area contributed by atoms with Crippen LogP contribution >= 0.6 is 11.6 Å². The average Bonchev–Trinajstić information content (AvgIpc) is 2.24. The van der Waals surface area contributed by atoms with Crippen molar-refractivity contribution in [2.24, 2.45) is 11.3 Å². The summed E-state index contributed by atoms with van der Waals surface area (Å²) in [6.07, 6.45) is 2.39. The molecule has 0 N–H and O–H groups in total. The van der Waals surface area contributed by atoms with E-state index >= 15 is 0 Å². The van der Waals surface area contributed by atoms with Crippen LogP contribution in [0.15, 0.2) is 11.6 Å². The Bertz CT molecular complexity index is 266. The van der Waals surface area contributed by atoms with Crippen molar-refractivity contribution in [2.75, 3.05) is 0 Å². The summed E-state index contributed by atoms with van der Waals surface area (Å²) >= 11 is 5.59. The molecule has 1 rings (SSSR count). The number of hydrogen-bond donors (Lipinski definition) is 0. The summed E-state index contributed by atoms with van der Waals surface area (Å²) in [7, 11) is 0. The molecule has 0 saturated carbocycles. The van der Waals surface area contributed by atoms with Crippen LogP contribution in [-0.2, 0) is 9.53 Å². The van der Waals surface area contributed by atoms with Crippen LogP contribution < -0.4 is 0 Å². The van der Waals surface area contributed by atoms with Gasteiger partial charge in [-0.1, -0.05) is 31.5 Å². The van der Waals surface area contributed by atoms with E-state index in [9.17, 15) is 4.79 Å². The molecule has 0 aromatic heterocycles. The molecule has 1 atom stereocenters. The molecular formula is C11H17ClO2. The van der Waals surface area contributed by atoms with E-state index in [4.69, 9.17) is 16.3 Å². The second-order valence-electron chi connectivity index (χ2n) is 4.95. The minimum atomic E-state index is -0.392. The minimum absolute atomic E-state index is 0.114. The predicted octanol–water partition coefficient (Wildman–Crippen LogP) is 3.11. The highest BCUT2D eigenvalue weighted by Crippen LogP contribution is 2.45. The molecule has 0 bridgehead atoms. The van der Waals surface area contributed by atoms with E-state index in [1.165, 1.54) is 5.54 Å². The first-order chi connectivity index (χ1) is 6.29. The fraction of sp³-hybridized carbons (Fsp3) is 0.727. The molecule has 14 heavy (non-hydrogen) atoms.